The summed E-state index contributed by atoms with van der Waals surface area (Å²) in [5.41, 5.74) is 8.25. The molecule has 16 heavy (non-hydrogen) atoms. The van der Waals surface area contributed by atoms with Crippen molar-refractivity contribution in [3.8, 4) is 0 Å². The molecule has 1 aromatic carbocycles. The van der Waals surface area contributed by atoms with Crippen LogP contribution in [-0.2, 0) is 0 Å². The third kappa shape index (κ3) is 2.56. The van der Waals surface area contributed by atoms with E-state index in [2.05, 4.69) is 51.3 Å². The third-order valence-electron chi connectivity index (χ3n) is 2.98. The quantitative estimate of drug-likeness (QED) is 0.864. The van der Waals surface area contributed by atoms with Crippen molar-refractivity contribution >= 4 is 21.6 Å². The van der Waals surface area contributed by atoms with Crippen LogP contribution in [0.4, 0.5) is 5.69 Å². The van der Waals surface area contributed by atoms with Crippen LogP contribution in [-0.4, -0.2) is 32.2 Å². The number of hydrogen-bond donors (Lipinski definition) is 2. The molecule has 1 fully saturated rings. The monoisotopic (exact) mass is 283 g/mol. The molecule has 1 saturated heterocycles. The molecule has 1 aliphatic rings. The number of aryl methyl sites for hydroxylation is 1. The Labute approximate surface area is 105 Å². The molecule has 2 rings (SSSR count). The molecule has 1 atom stereocenters. The summed E-state index contributed by atoms with van der Waals surface area (Å²) >= 11 is 3.63. The van der Waals surface area contributed by atoms with Crippen molar-refractivity contribution in [1.29, 1.82) is 0 Å². The predicted octanol–water partition coefficient (Wildman–Crippen LogP) is 1.49. The van der Waals surface area contributed by atoms with Crippen molar-refractivity contribution in [2.75, 3.05) is 31.1 Å². The predicted molar refractivity (Wildman–Crippen MR) is 71.9 cm³/mol. The molecular formula is C12H18BrN3. The lowest BCUT2D eigenvalue weighted by atomic mass is 10.1. The highest BCUT2D eigenvalue weighted by molar-refractivity contribution is 9.10. The van der Waals surface area contributed by atoms with Crippen molar-refractivity contribution in [3.63, 3.8) is 0 Å². The molecule has 1 unspecified atom stereocenters. The van der Waals surface area contributed by atoms with Crippen molar-refractivity contribution in [1.82, 2.24) is 5.32 Å². The Bertz CT molecular complexity index is 367. The summed E-state index contributed by atoms with van der Waals surface area (Å²) in [6.45, 7) is 5.83. The molecule has 0 aromatic heterocycles. The number of benzene rings is 1. The van der Waals surface area contributed by atoms with Gasteiger partial charge in [-0.1, -0.05) is 6.07 Å². The topological polar surface area (TPSA) is 41.3 Å². The van der Waals surface area contributed by atoms with E-state index in [1.165, 1.54) is 15.7 Å². The van der Waals surface area contributed by atoms with E-state index in [9.17, 15) is 0 Å². The second-order valence-corrected chi connectivity index (χ2v) is 5.14. The highest BCUT2D eigenvalue weighted by atomic mass is 79.9. The summed E-state index contributed by atoms with van der Waals surface area (Å²) < 4.78 is 1.17. The molecule has 88 valence electrons. The SMILES string of the molecule is Cc1ccc(N2CCNC(CN)C2)c(Br)c1. The van der Waals surface area contributed by atoms with Crippen LogP contribution in [0.25, 0.3) is 0 Å². The molecule has 1 aromatic rings. The van der Waals surface area contributed by atoms with Crippen LogP contribution in [0.15, 0.2) is 22.7 Å². The smallest absolute Gasteiger partial charge is 0.0511 e. The minimum atomic E-state index is 0.405. The van der Waals surface area contributed by atoms with E-state index < -0.39 is 0 Å². The Morgan fingerprint density at radius 2 is 2.38 bits per heavy atom. The Hall–Kier alpha value is -0.580. The first-order valence-corrected chi connectivity index (χ1v) is 6.44. The van der Waals surface area contributed by atoms with Crippen LogP contribution in [0.5, 0.6) is 0 Å². The molecule has 0 amide bonds. The van der Waals surface area contributed by atoms with Gasteiger partial charge in [0.1, 0.15) is 0 Å². The molecule has 3 N–H and O–H groups in total. The zero-order valence-electron chi connectivity index (χ0n) is 9.54. The number of anilines is 1. The maximum absolute atomic E-state index is 5.70. The molecule has 0 saturated carbocycles. The summed E-state index contributed by atoms with van der Waals surface area (Å²) in [7, 11) is 0. The van der Waals surface area contributed by atoms with Gasteiger partial charge in [-0.3, -0.25) is 0 Å². The average Bonchev–Trinajstić information content (AvgIpc) is 2.29. The van der Waals surface area contributed by atoms with Gasteiger partial charge in [0.25, 0.3) is 0 Å². The van der Waals surface area contributed by atoms with Gasteiger partial charge in [0.15, 0.2) is 0 Å². The van der Waals surface area contributed by atoms with Crippen molar-refractivity contribution < 1.29 is 0 Å². The first-order chi connectivity index (χ1) is 7.70. The summed E-state index contributed by atoms with van der Waals surface area (Å²) in [4.78, 5) is 2.39. The van der Waals surface area contributed by atoms with E-state index >= 15 is 0 Å². The Kier molecular flexibility index (Phi) is 3.84. The highest BCUT2D eigenvalue weighted by Crippen LogP contribution is 2.27. The molecule has 3 nitrogen and oxygen atoms in total. The maximum atomic E-state index is 5.70. The molecule has 0 radical (unpaired) electrons. The number of nitrogens with two attached hydrogens (primary N) is 1. The third-order valence-corrected chi connectivity index (χ3v) is 3.62. The van der Waals surface area contributed by atoms with Crippen molar-refractivity contribution in [3.05, 3.63) is 28.2 Å². The Balaban J connectivity index is 2.16. The number of rotatable bonds is 2. The fraction of sp³-hybridized carbons (Fsp3) is 0.500. The molecular weight excluding hydrogens is 266 g/mol. The number of hydrogen-bond acceptors (Lipinski definition) is 3. The lowest BCUT2D eigenvalue weighted by Gasteiger charge is -2.35. The van der Waals surface area contributed by atoms with Gasteiger partial charge in [0.05, 0.1) is 5.69 Å². The van der Waals surface area contributed by atoms with Crippen LogP contribution in [0.2, 0.25) is 0 Å². The fourth-order valence-electron chi connectivity index (χ4n) is 2.07. The van der Waals surface area contributed by atoms with E-state index in [4.69, 9.17) is 5.73 Å². The average molecular weight is 284 g/mol. The summed E-state index contributed by atoms with van der Waals surface area (Å²) in [6.07, 6.45) is 0. The lowest BCUT2D eigenvalue weighted by molar-refractivity contribution is 0.463. The number of piperazine rings is 1. The minimum Gasteiger partial charge on any atom is -0.368 e. The van der Waals surface area contributed by atoms with Crippen LogP contribution in [0, 0.1) is 6.92 Å². The van der Waals surface area contributed by atoms with E-state index in [-0.39, 0.29) is 0 Å². The first-order valence-electron chi connectivity index (χ1n) is 5.65. The van der Waals surface area contributed by atoms with Gasteiger partial charge in [0.2, 0.25) is 0 Å². The maximum Gasteiger partial charge on any atom is 0.0511 e. The van der Waals surface area contributed by atoms with E-state index in [0.29, 0.717) is 12.6 Å². The standard InChI is InChI=1S/C12H18BrN3/c1-9-2-3-12(11(13)6-9)16-5-4-15-10(7-14)8-16/h2-3,6,10,15H,4-5,7-8,14H2,1H3. The van der Waals surface area contributed by atoms with E-state index in [1.807, 2.05) is 0 Å². The van der Waals surface area contributed by atoms with Crippen LogP contribution in [0.1, 0.15) is 5.56 Å². The minimum absolute atomic E-state index is 0.405. The molecule has 0 bridgehead atoms. The summed E-state index contributed by atoms with van der Waals surface area (Å²) in [5.74, 6) is 0. The number of halogens is 1. The zero-order valence-corrected chi connectivity index (χ0v) is 11.1. The van der Waals surface area contributed by atoms with Gasteiger partial charge in [0, 0.05) is 36.7 Å². The van der Waals surface area contributed by atoms with Crippen molar-refractivity contribution in [2.45, 2.75) is 13.0 Å². The zero-order chi connectivity index (χ0) is 11.5. The molecule has 1 aliphatic heterocycles. The summed E-state index contributed by atoms with van der Waals surface area (Å²) in [5, 5.41) is 3.42. The second kappa shape index (κ2) is 5.17. The fourth-order valence-corrected chi connectivity index (χ4v) is 2.81. The van der Waals surface area contributed by atoms with Gasteiger partial charge in [-0.25, -0.2) is 0 Å². The second-order valence-electron chi connectivity index (χ2n) is 4.29. The van der Waals surface area contributed by atoms with Gasteiger partial charge in [-0.05, 0) is 40.5 Å². The molecule has 0 aliphatic carbocycles. The number of nitrogens with one attached hydrogen (secondary N) is 1. The molecule has 0 spiro atoms. The van der Waals surface area contributed by atoms with Crippen molar-refractivity contribution in [2.24, 2.45) is 5.73 Å². The van der Waals surface area contributed by atoms with Gasteiger partial charge >= 0.3 is 0 Å². The highest BCUT2D eigenvalue weighted by Gasteiger charge is 2.19. The van der Waals surface area contributed by atoms with E-state index in [1.54, 1.807) is 0 Å². The Morgan fingerprint density at radius 1 is 1.56 bits per heavy atom. The lowest BCUT2D eigenvalue weighted by Crippen LogP contribution is -2.53. The van der Waals surface area contributed by atoms with Gasteiger partial charge in [-0.15, -0.1) is 0 Å². The summed E-state index contributed by atoms with van der Waals surface area (Å²) in [6, 6.07) is 6.90. The normalized spacial score (nSPS) is 21.2. The largest absolute Gasteiger partial charge is 0.368 e. The Morgan fingerprint density at radius 3 is 3.06 bits per heavy atom. The molecule has 1 heterocycles. The molecule has 4 heteroatoms. The van der Waals surface area contributed by atoms with Gasteiger partial charge in [-0.2, -0.15) is 0 Å². The number of nitrogens with zero attached hydrogens (tertiary/aromatic N) is 1. The van der Waals surface area contributed by atoms with Crippen LogP contribution < -0.4 is 16.0 Å². The van der Waals surface area contributed by atoms with Crippen LogP contribution >= 0.6 is 15.9 Å². The van der Waals surface area contributed by atoms with Crippen LogP contribution in [0.3, 0.4) is 0 Å². The first kappa shape index (κ1) is 11.9. The van der Waals surface area contributed by atoms with E-state index in [0.717, 1.165) is 19.6 Å². The van der Waals surface area contributed by atoms with Gasteiger partial charge < -0.3 is 16.0 Å².